The zero-order valence-electron chi connectivity index (χ0n) is 18.0. The molecule has 0 aliphatic carbocycles. The number of halogens is 3. The highest BCUT2D eigenvalue weighted by molar-refractivity contribution is 7.89. The average Bonchev–Trinajstić information content (AvgIpc) is 2.84. The lowest BCUT2D eigenvalue weighted by molar-refractivity contribution is -0.137. The van der Waals surface area contributed by atoms with Gasteiger partial charge in [0.1, 0.15) is 0 Å². The number of carbonyl (C=O) groups excluding carboxylic acids is 1. The first-order valence-corrected chi connectivity index (χ1v) is 12.4. The quantitative estimate of drug-likeness (QED) is 0.671. The lowest BCUT2D eigenvalue weighted by Gasteiger charge is -2.39. The maximum atomic E-state index is 13.1. The highest BCUT2D eigenvalue weighted by Crippen LogP contribution is 2.32. The molecule has 6 nitrogen and oxygen atoms in total. The van der Waals surface area contributed by atoms with Gasteiger partial charge in [-0.15, -0.1) is 0 Å². The van der Waals surface area contributed by atoms with E-state index in [1.54, 1.807) is 41.3 Å². The van der Waals surface area contributed by atoms with Crippen LogP contribution in [0.3, 0.4) is 0 Å². The number of rotatable bonds is 4. The Morgan fingerprint density at radius 2 is 1.61 bits per heavy atom. The SMILES string of the molecule is O=C([C@H]1CCCN(S(=O)(=O)c2ccccc2)C1)N1CCN(c2cccc(C(F)(F)F)c2)CC1. The van der Waals surface area contributed by atoms with Crippen LogP contribution in [0.2, 0.25) is 0 Å². The molecule has 2 heterocycles. The number of amides is 1. The fourth-order valence-corrected chi connectivity index (χ4v) is 5.97. The van der Waals surface area contributed by atoms with Gasteiger partial charge in [0.05, 0.1) is 16.4 Å². The largest absolute Gasteiger partial charge is 0.416 e. The Morgan fingerprint density at radius 3 is 2.27 bits per heavy atom. The summed E-state index contributed by atoms with van der Waals surface area (Å²) in [7, 11) is -3.66. The van der Waals surface area contributed by atoms with Gasteiger partial charge in [-0.3, -0.25) is 4.79 Å². The summed E-state index contributed by atoms with van der Waals surface area (Å²) in [6, 6.07) is 13.4. The molecule has 0 N–H and O–H groups in total. The van der Waals surface area contributed by atoms with Gasteiger partial charge in [0, 0.05) is 45.0 Å². The smallest absolute Gasteiger partial charge is 0.368 e. The molecular weight excluding hydrogens is 455 g/mol. The van der Waals surface area contributed by atoms with Gasteiger partial charge >= 0.3 is 6.18 Å². The average molecular weight is 482 g/mol. The summed E-state index contributed by atoms with van der Waals surface area (Å²) < 4.78 is 66.3. The zero-order valence-corrected chi connectivity index (χ0v) is 18.9. The minimum atomic E-state index is -4.40. The molecule has 178 valence electrons. The second-order valence-electron chi connectivity index (χ2n) is 8.38. The molecule has 10 heteroatoms. The van der Waals surface area contributed by atoms with E-state index in [0.29, 0.717) is 51.3 Å². The van der Waals surface area contributed by atoms with E-state index in [1.807, 2.05) is 4.90 Å². The molecule has 0 saturated carbocycles. The second-order valence-corrected chi connectivity index (χ2v) is 10.3. The molecule has 2 fully saturated rings. The van der Waals surface area contributed by atoms with E-state index in [-0.39, 0.29) is 17.3 Å². The summed E-state index contributed by atoms with van der Waals surface area (Å²) in [6.45, 7) is 2.14. The van der Waals surface area contributed by atoms with Gasteiger partial charge in [-0.1, -0.05) is 24.3 Å². The van der Waals surface area contributed by atoms with E-state index in [4.69, 9.17) is 0 Å². The van der Waals surface area contributed by atoms with E-state index in [1.165, 1.54) is 10.4 Å². The van der Waals surface area contributed by atoms with E-state index in [2.05, 4.69) is 0 Å². The minimum absolute atomic E-state index is 0.0911. The van der Waals surface area contributed by atoms with Crippen molar-refractivity contribution in [3.63, 3.8) is 0 Å². The zero-order chi connectivity index (χ0) is 23.6. The molecular formula is C23H26F3N3O3S. The summed E-state index contributed by atoms with van der Waals surface area (Å²) >= 11 is 0. The minimum Gasteiger partial charge on any atom is -0.368 e. The van der Waals surface area contributed by atoms with E-state index in [9.17, 15) is 26.4 Å². The number of nitrogens with zero attached hydrogens (tertiary/aromatic N) is 3. The summed E-state index contributed by atoms with van der Waals surface area (Å²) in [6.07, 6.45) is -3.18. The van der Waals surface area contributed by atoms with Crippen LogP contribution in [0.5, 0.6) is 0 Å². The molecule has 1 atom stereocenters. The van der Waals surface area contributed by atoms with Crippen molar-refractivity contribution in [3.8, 4) is 0 Å². The Morgan fingerprint density at radius 1 is 0.909 bits per heavy atom. The van der Waals surface area contributed by atoms with Crippen LogP contribution in [0, 0.1) is 5.92 Å². The molecule has 0 radical (unpaired) electrons. The Bertz CT molecular complexity index is 1080. The topological polar surface area (TPSA) is 60.9 Å². The van der Waals surface area contributed by atoms with Crippen molar-refractivity contribution in [2.24, 2.45) is 5.92 Å². The number of carbonyl (C=O) groups is 1. The Hall–Kier alpha value is -2.59. The van der Waals surface area contributed by atoms with E-state index >= 15 is 0 Å². The van der Waals surface area contributed by atoms with Gasteiger partial charge in [-0.2, -0.15) is 17.5 Å². The highest BCUT2D eigenvalue weighted by atomic mass is 32.2. The number of anilines is 1. The standard InChI is InChI=1S/C23H26F3N3O3S/c24-23(25,26)19-7-4-8-20(16-19)27-12-14-28(15-13-27)22(30)18-6-5-11-29(17-18)33(31,32)21-9-2-1-3-10-21/h1-4,7-10,16,18H,5-6,11-15,17H2/t18-/m0/s1. The third kappa shape index (κ3) is 5.16. The second kappa shape index (κ2) is 9.34. The maximum Gasteiger partial charge on any atom is 0.416 e. The van der Waals surface area contributed by atoms with Crippen LogP contribution < -0.4 is 4.90 Å². The lowest BCUT2D eigenvalue weighted by Crippen LogP contribution is -2.53. The van der Waals surface area contributed by atoms with Crippen LogP contribution in [0.25, 0.3) is 0 Å². The van der Waals surface area contributed by atoms with Crippen LogP contribution in [0.1, 0.15) is 18.4 Å². The van der Waals surface area contributed by atoms with Crippen molar-refractivity contribution in [1.82, 2.24) is 9.21 Å². The summed E-state index contributed by atoms with van der Waals surface area (Å²) in [5.74, 6) is -0.510. The van der Waals surface area contributed by atoms with Crippen molar-refractivity contribution in [2.75, 3.05) is 44.2 Å². The maximum absolute atomic E-state index is 13.1. The molecule has 2 aromatic rings. The monoisotopic (exact) mass is 481 g/mol. The predicted molar refractivity (Wildman–Crippen MR) is 118 cm³/mol. The van der Waals surface area contributed by atoms with Crippen molar-refractivity contribution in [2.45, 2.75) is 23.9 Å². The van der Waals surface area contributed by atoms with Gasteiger partial charge < -0.3 is 9.80 Å². The van der Waals surface area contributed by atoms with Gasteiger partial charge in [-0.05, 0) is 43.2 Å². The molecule has 2 aliphatic rings. The number of piperidine rings is 1. The van der Waals surface area contributed by atoms with Crippen molar-refractivity contribution < 1.29 is 26.4 Å². The van der Waals surface area contributed by atoms with E-state index in [0.717, 1.165) is 12.1 Å². The molecule has 2 aliphatic heterocycles. The Balaban J connectivity index is 1.38. The molecule has 2 aromatic carbocycles. The van der Waals surface area contributed by atoms with Gasteiger partial charge in [0.2, 0.25) is 15.9 Å². The van der Waals surface area contributed by atoms with Crippen molar-refractivity contribution in [3.05, 3.63) is 60.2 Å². The fraction of sp³-hybridized carbons (Fsp3) is 0.435. The molecule has 2 saturated heterocycles. The molecule has 0 spiro atoms. The van der Waals surface area contributed by atoms with Gasteiger partial charge in [0.15, 0.2) is 0 Å². The highest BCUT2D eigenvalue weighted by Gasteiger charge is 2.36. The first-order chi connectivity index (χ1) is 15.7. The van der Waals surface area contributed by atoms with Crippen LogP contribution >= 0.6 is 0 Å². The van der Waals surface area contributed by atoms with Gasteiger partial charge in [0.25, 0.3) is 0 Å². The van der Waals surface area contributed by atoms with Crippen LogP contribution in [-0.4, -0.2) is 62.8 Å². The third-order valence-electron chi connectivity index (χ3n) is 6.24. The van der Waals surface area contributed by atoms with Crippen molar-refractivity contribution >= 4 is 21.6 Å². The molecule has 33 heavy (non-hydrogen) atoms. The molecule has 0 unspecified atom stereocenters. The molecule has 1 amide bonds. The Kier molecular flexibility index (Phi) is 6.67. The molecule has 0 bridgehead atoms. The number of piperazine rings is 1. The number of sulfonamides is 1. The Labute approximate surface area is 191 Å². The molecule has 4 rings (SSSR count). The number of alkyl halides is 3. The van der Waals surface area contributed by atoms with Crippen LogP contribution in [-0.2, 0) is 21.0 Å². The first-order valence-electron chi connectivity index (χ1n) is 10.9. The number of benzene rings is 2. The third-order valence-corrected chi connectivity index (χ3v) is 8.12. The fourth-order valence-electron chi connectivity index (χ4n) is 4.43. The summed E-state index contributed by atoms with van der Waals surface area (Å²) in [5, 5.41) is 0. The molecule has 0 aromatic heterocycles. The van der Waals surface area contributed by atoms with Crippen LogP contribution in [0.4, 0.5) is 18.9 Å². The first kappa shape index (κ1) is 23.6. The van der Waals surface area contributed by atoms with Crippen molar-refractivity contribution in [1.29, 1.82) is 0 Å². The summed E-state index contributed by atoms with van der Waals surface area (Å²) in [5.41, 5.74) is -0.213. The predicted octanol–water partition coefficient (Wildman–Crippen LogP) is 3.45. The van der Waals surface area contributed by atoms with Gasteiger partial charge in [-0.25, -0.2) is 8.42 Å². The normalized spacial score (nSPS) is 20.6. The van der Waals surface area contributed by atoms with Crippen LogP contribution in [0.15, 0.2) is 59.5 Å². The summed E-state index contributed by atoms with van der Waals surface area (Å²) in [4.78, 5) is 16.9. The number of hydrogen-bond acceptors (Lipinski definition) is 4. The lowest BCUT2D eigenvalue weighted by atomic mass is 9.97. The number of hydrogen-bond donors (Lipinski definition) is 0. The van der Waals surface area contributed by atoms with E-state index < -0.39 is 27.7 Å².